The monoisotopic (exact) mass is 610 g/mol. The maximum absolute atomic E-state index is 10.2. The molecule has 0 fully saturated rings. The van der Waals surface area contributed by atoms with E-state index in [1.807, 2.05) is 42.5 Å². The number of para-hydroxylation sites is 4. The SMILES string of the molecule is N#Cc1ccc2c3ccccc3n(-c3cc(-c4ccc(-c5ccccc5-n5c6ccccc6c6ccccc65)cc4)ccc3C#N)c2c1. The topological polar surface area (TPSA) is 57.4 Å². The standard InChI is InChI=1S/C44H26N4/c45-27-29-17-24-38-37-12-4-8-16-42(37)48(44(38)25-29)43-26-32(22-23-33(43)28-46)30-18-20-31(21-19-30)34-9-1-5-13-39(34)47-40-14-6-2-10-35(40)36-11-3-7-15-41(36)47/h1-26H. The minimum absolute atomic E-state index is 0.570. The summed E-state index contributed by atoms with van der Waals surface area (Å²) in [6.07, 6.45) is 0. The Morgan fingerprint density at radius 3 is 1.52 bits per heavy atom. The molecule has 0 saturated heterocycles. The fraction of sp³-hybridized carbons (Fsp3) is 0. The van der Waals surface area contributed by atoms with Crippen molar-refractivity contribution in [2.24, 2.45) is 0 Å². The molecule has 4 nitrogen and oxygen atoms in total. The molecule has 0 unspecified atom stereocenters. The first-order valence-electron chi connectivity index (χ1n) is 15.9. The van der Waals surface area contributed by atoms with Gasteiger partial charge < -0.3 is 9.13 Å². The molecule has 2 heterocycles. The van der Waals surface area contributed by atoms with Gasteiger partial charge in [-0.15, -0.1) is 0 Å². The first-order valence-corrected chi connectivity index (χ1v) is 15.9. The summed E-state index contributed by atoms with van der Waals surface area (Å²) in [7, 11) is 0. The van der Waals surface area contributed by atoms with E-state index in [0.717, 1.165) is 55.4 Å². The third-order valence-corrected chi connectivity index (χ3v) is 9.42. The average Bonchev–Trinajstić information content (AvgIpc) is 3.67. The van der Waals surface area contributed by atoms with Crippen molar-refractivity contribution in [3.63, 3.8) is 0 Å². The van der Waals surface area contributed by atoms with E-state index in [1.54, 1.807) is 0 Å². The molecule has 2 aromatic heterocycles. The van der Waals surface area contributed by atoms with Gasteiger partial charge in [0.05, 0.1) is 50.6 Å². The highest BCUT2D eigenvalue weighted by Gasteiger charge is 2.18. The Bertz CT molecular complexity index is 2750. The third kappa shape index (κ3) is 4.14. The fourth-order valence-corrected chi connectivity index (χ4v) is 7.23. The van der Waals surface area contributed by atoms with Gasteiger partial charge >= 0.3 is 0 Å². The molecule has 0 aliphatic rings. The molecule has 9 aromatic rings. The minimum atomic E-state index is 0.570. The number of rotatable bonds is 4. The molecule has 7 aromatic carbocycles. The maximum Gasteiger partial charge on any atom is 0.101 e. The Hall–Kier alpha value is -6.88. The van der Waals surface area contributed by atoms with Crippen LogP contribution >= 0.6 is 0 Å². The lowest BCUT2D eigenvalue weighted by atomic mass is 9.98. The summed E-state index contributed by atoms with van der Waals surface area (Å²) in [6, 6.07) is 59.0. The van der Waals surface area contributed by atoms with Gasteiger partial charge in [-0.2, -0.15) is 10.5 Å². The summed E-state index contributed by atoms with van der Waals surface area (Å²) in [4.78, 5) is 0. The van der Waals surface area contributed by atoms with Gasteiger partial charge in [-0.25, -0.2) is 0 Å². The normalized spacial score (nSPS) is 11.3. The van der Waals surface area contributed by atoms with Crippen molar-refractivity contribution in [2.75, 3.05) is 0 Å². The van der Waals surface area contributed by atoms with E-state index < -0.39 is 0 Å². The van der Waals surface area contributed by atoms with Gasteiger partial charge in [0.25, 0.3) is 0 Å². The van der Waals surface area contributed by atoms with Crippen LogP contribution in [0.5, 0.6) is 0 Å². The molecule has 222 valence electrons. The number of aromatic nitrogens is 2. The molecule has 0 bridgehead atoms. The van der Waals surface area contributed by atoms with Crippen molar-refractivity contribution < 1.29 is 0 Å². The molecular formula is C44H26N4. The summed E-state index contributed by atoms with van der Waals surface area (Å²) >= 11 is 0. The molecule has 9 rings (SSSR count). The second kappa shape index (κ2) is 10.9. The largest absolute Gasteiger partial charge is 0.309 e. The Morgan fingerprint density at radius 2 is 0.896 bits per heavy atom. The quantitative estimate of drug-likeness (QED) is 0.199. The third-order valence-electron chi connectivity index (χ3n) is 9.42. The average molecular weight is 611 g/mol. The summed E-state index contributed by atoms with van der Waals surface area (Å²) < 4.78 is 4.48. The molecule has 48 heavy (non-hydrogen) atoms. The van der Waals surface area contributed by atoms with Gasteiger partial charge in [0, 0.05) is 27.1 Å². The van der Waals surface area contributed by atoms with E-state index in [0.29, 0.717) is 11.1 Å². The lowest BCUT2D eigenvalue weighted by molar-refractivity contribution is 1.17. The van der Waals surface area contributed by atoms with E-state index in [4.69, 9.17) is 0 Å². The van der Waals surface area contributed by atoms with Crippen molar-refractivity contribution in [1.29, 1.82) is 10.5 Å². The summed E-state index contributed by atoms with van der Waals surface area (Å²) in [6.45, 7) is 0. The van der Waals surface area contributed by atoms with Gasteiger partial charge in [0.1, 0.15) is 6.07 Å². The summed E-state index contributed by atoms with van der Waals surface area (Å²) in [5.41, 5.74) is 11.7. The van der Waals surface area contributed by atoms with Crippen LogP contribution < -0.4 is 0 Å². The van der Waals surface area contributed by atoms with Crippen LogP contribution in [0.1, 0.15) is 11.1 Å². The number of benzene rings is 7. The highest BCUT2D eigenvalue weighted by Crippen LogP contribution is 2.38. The van der Waals surface area contributed by atoms with Crippen LogP contribution in [0.2, 0.25) is 0 Å². The predicted molar refractivity (Wildman–Crippen MR) is 195 cm³/mol. The predicted octanol–water partition coefficient (Wildman–Crippen LogP) is 11.0. The lowest BCUT2D eigenvalue weighted by Crippen LogP contribution is -1.99. The lowest BCUT2D eigenvalue weighted by Gasteiger charge is -2.15. The molecule has 4 heteroatoms. The molecule has 0 atom stereocenters. The molecule has 0 saturated carbocycles. The Labute approximate surface area is 277 Å². The Kier molecular flexibility index (Phi) is 6.22. The summed E-state index contributed by atoms with van der Waals surface area (Å²) in [5, 5.41) is 24.5. The van der Waals surface area contributed by atoms with Crippen molar-refractivity contribution in [2.45, 2.75) is 0 Å². The molecule has 0 spiro atoms. The molecule has 0 amide bonds. The van der Waals surface area contributed by atoms with Crippen LogP contribution in [-0.4, -0.2) is 9.13 Å². The zero-order valence-electron chi connectivity index (χ0n) is 25.8. The highest BCUT2D eigenvalue weighted by molar-refractivity contribution is 6.11. The van der Waals surface area contributed by atoms with Gasteiger partial charge in [-0.3, -0.25) is 0 Å². The van der Waals surface area contributed by atoms with E-state index in [2.05, 4.69) is 137 Å². The van der Waals surface area contributed by atoms with Crippen molar-refractivity contribution in [1.82, 2.24) is 9.13 Å². The van der Waals surface area contributed by atoms with Gasteiger partial charge in [-0.1, -0.05) is 109 Å². The van der Waals surface area contributed by atoms with Crippen molar-refractivity contribution in [3.8, 4) is 45.8 Å². The van der Waals surface area contributed by atoms with Crippen LogP contribution in [0.25, 0.3) is 77.2 Å². The first kappa shape index (κ1) is 27.4. The zero-order valence-corrected chi connectivity index (χ0v) is 25.8. The molecule has 0 radical (unpaired) electrons. The minimum Gasteiger partial charge on any atom is -0.309 e. The smallest absolute Gasteiger partial charge is 0.101 e. The van der Waals surface area contributed by atoms with Crippen LogP contribution in [0.3, 0.4) is 0 Å². The Morgan fingerprint density at radius 1 is 0.375 bits per heavy atom. The van der Waals surface area contributed by atoms with E-state index in [-0.39, 0.29) is 0 Å². The van der Waals surface area contributed by atoms with Gasteiger partial charge in [0.15, 0.2) is 0 Å². The summed E-state index contributed by atoms with van der Waals surface area (Å²) in [5.74, 6) is 0. The number of fused-ring (bicyclic) bond motifs is 6. The zero-order chi connectivity index (χ0) is 32.2. The Balaban J connectivity index is 1.18. The molecule has 0 N–H and O–H groups in total. The van der Waals surface area contributed by atoms with Gasteiger partial charge in [-0.05, 0) is 65.2 Å². The van der Waals surface area contributed by atoms with Crippen LogP contribution in [0.4, 0.5) is 0 Å². The van der Waals surface area contributed by atoms with Crippen LogP contribution in [0.15, 0.2) is 158 Å². The fourth-order valence-electron chi connectivity index (χ4n) is 7.23. The van der Waals surface area contributed by atoms with Crippen molar-refractivity contribution >= 4 is 43.6 Å². The highest BCUT2D eigenvalue weighted by atomic mass is 15.0. The molecule has 0 aliphatic carbocycles. The number of nitrogens with zero attached hydrogens (tertiary/aromatic N) is 4. The second-order valence-electron chi connectivity index (χ2n) is 12.0. The van der Waals surface area contributed by atoms with Crippen LogP contribution in [-0.2, 0) is 0 Å². The first-order chi connectivity index (χ1) is 23.7. The van der Waals surface area contributed by atoms with Crippen molar-refractivity contribution in [3.05, 3.63) is 169 Å². The second-order valence-corrected chi connectivity index (χ2v) is 12.0. The number of hydrogen-bond acceptors (Lipinski definition) is 2. The van der Waals surface area contributed by atoms with Gasteiger partial charge in [0.2, 0.25) is 0 Å². The number of hydrogen-bond donors (Lipinski definition) is 0. The van der Waals surface area contributed by atoms with E-state index in [9.17, 15) is 10.5 Å². The maximum atomic E-state index is 10.2. The molecular weight excluding hydrogens is 585 g/mol. The van der Waals surface area contributed by atoms with Crippen LogP contribution in [0, 0.1) is 22.7 Å². The van der Waals surface area contributed by atoms with E-state index >= 15 is 0 Å². The van der Waals surface area contributed by atoms with E-state index in [1.165, 1.54) is 21.8 Å². The number of nitriles is 2. The molecule has 0 aliphatic heterocycles.